The molecule has 0 N–H and O–H groups in total. The molecule has 2 aromatic rings. The van der Waals surface area contributed by atoms with E-state index in [2.05, 4.69) is 129 Å². The molecular formula is C36H58O5Si2. The summed E-state index contributed by atoms with van der Waals surface area (Å²) < 4.78 is 25.8. The highest BCUT2D eigenvalue weighted by atomic mass is 28.4. The molecule has 0 bridgehead atoms. The fourth-order valence-corrected chi connectivity index (χ4v) is 11.7. The lowest BCUT2D eigenvalue weighted by atomic mass is 9.89. The summed E-state index contributed by atoms with van der Waals surface area (Å²) in [7, 11) is -3.20. The Hall–Kier alpha value is -2.04. The molecule has 240 valence electrons. The van der Waals surface area contributed by atoms with E-state index in [1.807, 2.05) is 13.0 Å². The Morgan fingerprint density at radius 3 is 1.74 bits per heavy atom. The van der Waals surface area contributed by atoms with Crippen molar-refractivity contribution in [1.29, 1.82) is 0 Å². The highest BCUT2D eigenvalue weighted by Crippen LogP contribution is 2.41. The van der Waals surface area contributed by atoms with Crippen LogP contribution in [0, 0.1) is 11.8 Å². The smallest absolute Gasteiger partial charge is 0.333 e. The van der Waals surface area contributed by atoms with Gasteiger partial charge in [0.05, 0.1) is 18.8 Å². The third-order valence-electron chi connectivity index (χ3n) is 9.10. The zero-order valence-electron chi connectivity index (χ0n) is 29.1. The standard InChI is InChI=1S/C36H58O5Si2/c1-14-39-34(37)27(2)25-32(38-11)29(4)33(41-42(12,13)35(5,6)7)28(3)26-40-43(36(8,9)10,30-21-17-15-18-22-30)31-23-19-16-20-24-31/h15-25,28-29,32-33H,14,26H2,1-13H3/b27-25+/t28-,29-,32-,33-/m1/s1. The lowest BCUT2D eigenvalue weighted by Crippen LogP contribution is -2.67. The third kappa shape index (κ3) is 9.01. The van der Waals surface area contributed by atoms with Crippen LogP contribution in [-0.2, 0) is 23.1 Å². The summed E-state index contributed by atoms with van der Waals surface area (Å²) in [6, 6.07) is 21.5. The summed E-state index contributed by atoms with van der Waals surface area (Å²) in [6.45, 7) is 27.2. The number of hydrogen-bond donors (Lipinski definition) is 0. The summed E-state index contributed by atoms with van der Waals surface area (Å²) in [4.78, 5) is 12.5. The molecule has 0 saturated heterocycles. The van der Waals surface area contributed by atoms with E-state index in [1.165, 1.54) is 10.4 Å². The van der Waals surface area contributed by atoms with Crippen molar-refractivity contribution >= 4 is 33.0 Å². The molecule has 43 heavy (non-hydrogen) atoms. The Morgan fingerprint density at radius 1 is 0.860 bits per heavy atom. The van der Waals surface area contributed by atoms with Gasteiger partial charge < -0.3 is 18.3 Å². The second-order valence-electron chi connectivity index (χ2n) is 14.4. The molecular weight excluding hydrogens is 569 g/mol. The maximum Gasteiger partial charge on any atom is 0.333 e. The molecule has 0 aliphatic rings. The fourth-order valence-electron chi connectivity index (χ4n) is 5.55. The molecule has 0 unspecified atom stereocenters. The van der Waals surface area contributed by atoms with Crippen LogP contribution in [0.1, 0.15) is 69.2 Å². The first-order valence-corrected chi connectivity index (χ1v) is 20.6. The van der Waals surface area contributed by atoms with Gasteiger partial charge in [0.25, 0.3) is 8.32 Å². The lowest BCUT2D eigenvalue weighted by Gasteiger charge is -2.46. The first kappa shape index (κ1) is 37.2. The topological polar surface area (TPSA) is 54.0 Å². The number of rotatable bonds is 14. The average molecular weight is 627 g/mol. The Kier molecular flexibility index (Phi) is 13.2. The average Bonchev–Trinajstić information content (AvgIpc) is 2.94. The van der Waals surface area contributed by atoms with Crippen LogP contribution in [0.5, 0.6) is 0 Å². The van der Waals surface area contributed by atoms with Gasteiger partial charge in [-0.3, -0.25) is 0 Å². The molecule has 0 aliphatic heterocycles. The molecule has 0 amide bonds. The van der Waals surface area contributed by atoms with Crippen LogP contribution in [0.25, 0.3) is 0 Å². The van der Waals surface area contributed by atoms with Crippen LogP contribution in [0.15, 0.2) is 72.3 Å². The van der Waals surface area contributed by atoms with Crippen molar-refractivity contribution in [1.82, 2.24) is 0 Å². The summed E-state index contributed by atoms with van der Waals surface area (Å²) in [5.74, 6) is -0.303. The minimum absolute atomic E-state index is 0.0306. The number of benzene rings is 2. The largest absolute Gasteiger partial charge is 0.463 e. The minimum atomic E-state index is -2.72. The van der Waals surface area contributed by atoms with Gasteiger partial charge in [-0.15, -0.1) is 0 Å². The molecule has 4 atom stereocenters. The van der Waals surface area contributed by atoms with Crippen molar-refractivity contribution in [3.05, 3.63) is 72.3 Å². The molecule has 0 spiro atoms. The van der Waals surface area contributed by atoms with Crippen molar-refractivity contribution in [2.45, 2.75) is 105 Å². The van der Waals surface area contributed by atoms with Crippen LogP contribution >= 0.6 is 0 Å². The Bertz CT molecular complexity index is 1130. The molecule has 0 saturated carbocycles. The summed E-state index contributed by atoms with van der Waals surface area (Å²) in [5.41, 5.74) is 0.544. The van der Waals surface area contributed by atoms with E-state index in [1.54, 1.807) is 14.0 Å². The van der Waals surface area contributed by atoms with Gasteiger partial charge in [-0.2, -0.15) is 0 Å². The van der Waals surface area contributed by atoms with Gasteiger partial charge in [0.1, 0.15) is 0 Å². The molecule has 2 rings (SSSR count). The van der Waals surface area contributed by atoms with E-state index in [4.69, 9.17) is 18.3 Å². The van der Waals surface area contributed by atoms with Crippen molar-refractivity contribution in [3.8, 4) is 0 Å². The van der Waals surface area contributed by atoms with Crippen LogP contribution in [0.3, 0.4) is 0 Å². The monoisotopic (exact) mass is 626 g/mol. The SMILES string of the molecule is CCOC(=O)/C(C)=C/[C@@H](OC)[C@@H](C)[C@H](O[Si](C)(C)C(C)(C)C)[C@H](C)CO[Si](c1ccccc1)(c1ccccc1)C(C)(C)C. The summed E-state index contributed by atoms with van der Waals surface area (Å²) in [5, 5.41) is 2.44. The van der Waals surface area contributed by atoms with Crippen molar-refractivity contribution in [3.63, 3.8) is 0 Å². The minimum Gasteiger partial charge on any atom is -0.463 e. The van der Waals surface area contributed by atoms with Gasteiger partial charge in [-0.25, -0.2) is 4.79 Å². The highest BCUT2D eigenvalue weighted by molar-refractivity contribution is 6.99. The summed E-state index contributed by atoms with van der Waals surface area (Å²) in [6.07, 6.45) is 1.41. The summed E-state index contributed by atoms with van der Waals surface area (Å²) >= 11 is 0. The van der Waals surface area contributed by atoms with Crippen LogP contribution in [0.4, 0.5) is 0 Å². The molecule has 0 fully saturated rings. The van der Waals surface area contributed by atoms with Gasteiger partial charge in [-0.1, -0.05) is 116 Å². The molecule has 0 aromatic heterocycles. The molecule has 7 heteroatoms. The third-order valence-corrected chi connectivity index (χ3v) is 18.6. The normalized spacial score (nSPS) is 16.3. The van der Waals surface area contributed by atoms with Crippen LogP contribution < -0.4 is 10.4 Å². The Balaban J connectivity index is 2.58. The molecule has 0 heterocycles. The predicted octanol–water partition coefficient (Wildman–Crippen LogP) is 7.75. The number of esters is 1. The number of methoxy groups -OCH3 is 1. The van der Waals surface area contributed by atoms with Crippen LogP contribution in [0.2, 0.25) is 23.2 Å². The van der Waals surface area contributed by atoms with E-state index in [0.717, 1.165) is 0 Å². The van der Waals surface area contributed by atoms with E-state index in [-0.39, 0.29) is 40.1 Å². The van der Waals surface area contributed by atoms with Crippen molar-refractivity contribution in [2.24, 2.45) is 11.8 Å². The highest BCUT2D eigenvalue weighted by Gasteiger charge is 2.51. The Labute approximate surface area is 264 Å². The van der Waals surface area contributed by atoms with E-state index >= 15 is 0 Å². The lowest BCUT2D eigenvalue weighted by molar-refractivity contribution is -0.138. The first-order valence-electron chi connectivity index (χ1n) is 15.7. The van der Waals surface area contributed by atoms with Gasteiger partial charge in [0.15, 0.2) is 8.32 Å². The van der Waals surface area contributed by atoms with E-state index in [0.29, 0.717) is 18.8 Å². The van der Waals surface area contributed by atoms with Gasteiger partial charge in [0.2, 0.25) is 0 Å². The van der Waals surface area contributed by atoms with E-state index in [9.17, 15) is 4.79 Å². The Morgan fingerprint density at radius 2 is 1.35 bits per heavy atom. The molecule has 5 nitrogen and oxygen atoms in total. The number of carbonyl (C=O) groups is 1. The number of ether oxygens (including phenoxy) is 2. The fraction of sp³-hybridized carbons (Fsp3) is 0.583. The quantitative estimate of drug-likeness (QED) is 0.122. The van der Waals surface area contributed by atoms with Crippen LogP contribution in [-0.4, -0.2) is 55.1 Å². The van der Waals surface area contributed by atoms with Crippen molar-refractivity contribution < 1.29 is 23.1 Å². The second kappa shape index (κ2) is 15.3. The van der Waals surface area contributed by atoms with Gasteiger partial charge in [-0.05, 0) is 53.5 Å². The maximum absolute atomic E-state index is 12.5. The van der Waals surface area contributed by atoms with Gasteiger partial charge >= 0.3 is 5.97 Å². The number of hydrogen-bond acceptors (Lipinski definition) is 5. The van der Waals surface area contributed by atoms with Crippen molar-refractivity contribution in [2.75, 3.05) is 20.3 Å². The van der Waals surface area contributed by atoms with Gasteiger partial charge in [0, 0.05) is 31.1 Å². The second-order valence-corrected chi connectivity index (χ2v) is 23.5. The molecule has 0 radical (unpaired) electrons. The zero-order valence-corrected chi connectivity index (χ0v) is 31.1. The predicted molar refractivity (Wildman–Crippen MR) is 185 cm³/mol. The first-order chi connectivity index (χ1) is 19.9. The molecule has 0 aliphatic carbocycles. The van der Waals surface area contributed by atoms with E-state index < -0.39 is 16.6 Å². The zero-order chi connectivity index (χ0) is 32.6. The molecule has 2 aromatic carbocycles. The maximum atomic E-state index is 12.5. The number of carbonyl (C=O) groups excluding carboxylic acids is 1.